The van der Waals surface area contributed by atoms with Crippen LogP contribution in [-0.2, 0) is 24.2 Å². The molecule has 0 saturated carbocycles. The van der Waals surface area contributed by atoms with E-state index in [1.165, 1.54) is 0 Å². The molecule has 0 radical (unpaired) electrons. The molecule has 0 unspecified atom stereocenters. The third-order valence-corrected chi connectivity index (χ3v) is 5.06. The fourth-order valence-corrected chi connectivity index (χ4v) is 4.00. The monoisotopic (exact) mass is 304 g/mol. The summed E-state index contributed by atoms with van der Waals surface area (Å²) in [6.45, 7) is 6.64. The number of H-pyrrole nitrogens is 1. The normalized spacial score (nSPS) is 17.5. The largest absolute Gasteiger partial charge is 0.370 e. The van der Waals surface area contributed by atoms with E-state index in [2.05, 4.69) is 29.0 Å². The second-order valence-corrected chi connectivity index (χ2v) is 7.06. The minimum atomic E-state index is -0.239. The van der Waals surface area contributed by atoms with Crippen molar-refractivity contribution in [1.29, 1.82) is 0 Å². The van der Waals surface area contributed by atoms with E-state index < -0.39 is 0 Å². The summed E-state index contributed by atoms with van der Waals surface area (Å²) in [5, 5.41) is 7.76. The van der Waals surface area contributed by atoms with Gasteiger partial charge in [-0.1, -0.05) is 6.92 Å². The van der Waals surface area contributed by atoms with Crippen molar-refractivity contribution < 1.29 is 4.74 Å². The second kappa shape index (κ2) is 4.14. The number of hydrogen-bond donors (Lipinski definition) is 1. The lowest BCUT2D eigenvalue weighted by Crippen LogP contribution is -2.31. The molecule has 110 valence electrons. The zero-order valence-corrected chi connectivity index (χ0v) is 13.0. The van der Waals surface area contributed by atoms with Gasteiger partial charge in [0.15, 0.2) is 0 Å². The first kappa shape index (κ1) is 13.0. The molecule has 0 amide bonds. The Kier molecular flexibility index (Phi) is 2.56. The Labute approximate surface area is 124 Å². The van der Waals surface area contributed by atoms with Crippen LogP contribution >= 0.6 is 11.3 Å². The number of thiophene rings is 1. The van der Waals surface area contributed by atoms with Crippen molar-refractivity contribution in [2.45, 2.75) is 45.8 Å². The standard InChI is InChI=1S/C14H16N4O2S/c1-4-9-16-17-13-15-11-10(12(19)18(9)13)7-5-14(2,3)20-6-8(7)21-11/h4-6H2,1-3H3,(H,15,17). The first-order chi connectivity index (χ1) is 10.00. The van der Waals surface area contributed by atoms with Crippen LogP contribution in [0.5, 0.6) is 0 Å². The Hall–Kier alpha value is -1.73. The summed E-state index contributed by atoms with van der Waals surface area (Å²) in [4.78, 5) is 19.4. The molecule has 6 nitrogen and oxygen atoms in total. The number of hydrogen-bond acceptors (Lipinski definition) is 5. The number of rotatable bonds is 1. The predicted molar refractivity (Wildman–Crippen MR) is 80.9 cm³/mol. The molecule has 3 aromatic heterocycles. The van der Waals surface area contributed by atoms with Gasteiger partial charge in [-0.15, -0.1) is 11.3 Å². The van der Waals surface area contributed by atoms with Crippen LogP contribution in [0.25, 0.3) is 16.0 Å². The third kappa shape index (κ3) is 1.77. The Morgan fingerprint density at radius 2 is 2.29 bits per heavy atom. The van der Waals surface area contributed by atoms with Crippen LogP contribution in [0.3, 0.4) is 0 Å². The summed E-state index contributed by atoms with van der Waals surface area (Å²) in [6.07, 6.45) is 1.43. The molecule has 3 aromatic rings. The fourth-order valence-electron chi connectivity index (χ4n) is 2.91. The number of ether oxygens (including phenoxy) is 1. The maximum Gasteiger partial charge on any atom is 0.269 e. The lowest BCUT2D eigenvalue weighted by Gasteiger charge is -2.29. The predicted octanol–water partition coefficient (Wildman–Crippen LogP) is 2.05. The summed E-state index contributed by atoms with van der Waals surface area (Å²) in [5.74, 6) is 1.23. The zero-order chi connectivity index (χ0) is 14.8. The summed E-state index contributed by atoms with van der Waals surface area (Å²) >= 11 is 1.55. The first-order valence-corrected chi connectivity index (χ1v) is 7.86. The Morgan fingerprint density at radius 3 is 3.05 bits per heavy atom. The van der Waals surface area contributed by atoms with Gasteiger partial charge in [0.05, 0.1) is 17.6 Å². The van der Waals surface area contributed by atoms with Crippen molar-refractivity contribution in [2.75, 3.05) is 0 Å². The van der Waals surface area contributed by atoms with E-state index in [0.717, 1.165) is 32.9 Å². The average Bonchev–Trinajstić information content (AvgIpc) is 2.99. The quantitative estimate of drug-likeness (QED) is 0.747. The summed E-state index contributed by atoms with van der Waals surface area (Å²) in [5.41, 5.74) is 0.842. The Balaban J connectivity index is 2.11. The highest BCUT2D eigenvalue weighted by Gasteiger charge is 2.31. The summed E-state index contributed by atoms with van der Waals surface area (Å²) in [7, 11) is 0. The first-order valence-electron chi connectivity index (χ1n) is 7.04. The van der Waals surface area contributed by atoms with E-state index in [-0.39, 0.29) is 11.2 Å². The molecule has 4 rings (SSSR count). The molecule has 0 fully saturated rings. The molecule has 1 N–H and O–H groups in total. The highest BCUT2D eigenvalue weighted by molar-refractivity contribution is 7.18. The summed E-state index contributed by atoms with van der Waals surface area (Å²) in [6, 6.07) is 0. The van der Waals surface area contributed by atoms with Crippen molar-refractivity contribution in [2.24, 2.45) is 0 Å². The molecule has 0 aliphatic carbocycles. The fraction of sp³-hybridized carbons (Fsp3) is 0.500. The van der Waals surface area contributed by atoms with Crippen LogP contribution in [0.4, 0.5) is 0 Å². The molecule has 0 atom stereocenters. The van der Waals surface area contributed by atoms with Crippen LogP contribution in [-0.4, -0.2) is 25.2 Å². The van der Waals surface area contributed by atoms with Crippen LogP contribution < -0.4 is 5.56 Å². The van der Waals surface area contributed by atoms with Crippen LogP contribution in [0.1, 0.15) is 37.0 Å². The second-order valence-electron chi connectivity index (χ2n) is 5.98. The topological polar surface area (TPSA) is 72.3 Å². The van der Waals surface area contributed by atoms with Gasteiger partial charge in [-0.3, -0.25) is 4.79 Å². The zero-order valence-electron chi connectivity index (χ0n) is 12.2. The van der Waals surface area contributed by atoms with E-state index in [1.54, 1.807) is 15.7 Å². The van der Waals surface area contributed by atoms with Gasteiger partial charge in [-0.05, 0) is 19.4 Å². The number of nitrogens with one attached hydrogen (secondary N) is 1. The average molecular weight is 304 g/mol. The van der Waals surface area contributed by atoms with Gasteiger partial charge < -0.3 is 4.74 Å². The number of nitrogens with zero attached hydrogens (tertiary/aromatic N) is 3. The molecule has 0 aromatic carbocycles. The summed E-state index contributed by atoms with van der Waals surface area (Å²) < 4.78 is 7.43. The van der Waals surface area contributed by atoms with Crippen molar-refractivity contribution in [3.8, 4) is 0 Å². The molecular formula is C14H16N4O2S. The number of aromatic nitrogens is 4. The minimum Gasteiger partial charge on any atom is -0.370 e. The number of aryl methyl sites for hydroxylation is 1. The Morgan fingerprint density at radius 1 is 1.48 bits per heavy atom. The van der Waals surface area contributed by atoms with E-state index in [0.29, 0.717) is 18.8 Å². The van der Waals surface area contributed by atoms with Crippen molar-refractivity contribution >= 4 is 27.3 Å². The van der Waals surface area contributed by atoms with Gasteiger partial charge in [-0.2, -0.15) is 5.10 Å². The SMILES string of the molecule is CCc1n[nH]c2nc3sc4c(c3c(=O)n12)CC(C)(C)OC4. The maximum atomic E-state index is 12.9. The molecule has 0 spiro atoms. The van der Waals surface area contributed by atoms with Gasteiger partial charge in [-0.25, -0.2) is 14.5 Å². The number of fused-ring (bicyclic) bond motifs is 4. The van der Waals surface area contributed by atoms with Crippen molar-refractivity contribution in [3.63, 3.8) is 0 Å². The van der Waals surface area contributed by atoms with E-state index in [1.807, 2.05) is 6.92 Å². The van der Waals surface area contributed by atoms with Gasteiger partial charge in [0.1, 0.15) is 10.7 Å². The molecule has 21 heavy (non-hydrogen) atoms. The third-order valence-electron chi connectivity index (χ3n) is 3.96. The van der Waals surface area contributed by atoms with E-state index >= 15 is 0 Å². The van der Waals surface area contributed by atoms with Gasteiger partial charge in [0.25, 0.3) is 5.56 Å². The Bertz CT molecular complexity index is 918. The molecule has 1 aliphatic rings. The van der Waals surface area contributed by atoms with E-state index in [4.69, 9.17) is 4.74 Å². The number of aromatic amines is 1. The van der Waals surface area contributed by atoms with Crippen molar-refractivity contribution in [1.82, 2.24) is 19.6 Å². The van der Waals surface area contributed by atoms with Crippen LogP contribution in [0.2, 0.25) is 0 Å². The van der Waals surface area contributed by atoms with Crippen LogP contribution in [0.15, 0.2) is 4.79 Å². The smallest absolute Gasteiger partial charge is 0.269 e. The molecule has 7 heteroatoms. The maximum absolute atomic E-state index is 12.9. The van der Waals surface area contributed by atoms with Gasteiger partial charge >= 0.3 is 0 Å². The highest BCUT2D eigenvalue weighted by Crippen LogP contribution is 2.36. The van der Waals surface area contributed by atoms with Gasteiger partial charge in [0.2, 0.25) is 5.78 Å². The molecule has 1 aliphatic heterocycles. The minimum absolute atomic E-state index is 0.0178. The molecule has 0 bridgehead atoms. The molecule has 4 heterocycles. The molecule has 0 saturated heterocycles. The lowest BCUT2D eigenvalue weighted by molar-refractivity contribution is -0.0379. The van der Waals surface area contributed by atoms with E-state index in [9.17, 15) is 4.79 Å². The van der Waals surface area contributed by atoms with Crippen LogP contribution in [0, 0.1) is 0 Å². The van der Waals surface area contributed by atoms with Crippen molar-refractivity contribution in [3.05, 3.63) is 26.6 Å². The van der Waals surface area contributed by atoms with Gasteiger partial charge in [0, 0.05) is 17.7 Å². The lowest BCUT2D eigenvalue weighted by atomic mass is 9.94. The highest BCUT2D eigenvalue weighted by atomic mass is 32.1. The molecular weight excluding hydrogens is 288 g/mol.